The Labute approximate surface area is 144 Å². The molecule has 1 saturated heterocycles. The van der Waals surface area contributed by atoms with Gasteiger partial charge in [0.25, 0.3) is 5.91 Å². The summed E-state index contributed by atoms with van der Waals surface area (Å²) in [7, 11) is 0. The van der Waals surface area contributed by atoms with Crippen LogP contribution in [0.2, 0.25) is 0 Å². The van der Waals surface area contributed by atoms with Gasteiger partial charge in [0, 0.05) is 30.0 Å². The number of carbonyl (C=O) groups is 2. The number of hydrogen-bond donors (Lipinski definition) is 2. The van der Waals surface area contributed by atoms with Gasteiger partial charge in [0.05, 0.1) is 12.1 Å². The van der Waals surface area contributed by atoms with E-state index in [1.54, 1.807) is 30.3 Å². The summed E-state index contributed by atoms with van der Waals surface area (Å²) in [6.07, 6.45) is 2.44. The maximum Gasteiger partial charge on any atom is 0.255 e. The van der Waals surface area contributed by atoms with Gasteiger partial charge in [0.15, 0.2) is 0 Å². The predicted octanol–water partition coefficient (Wildman–Crippen LogP) is 3.17. The van der Waals surface area contributed by atoms with Crippen LogP contribution in [-0.4, -0.2) is 24.9 Å². The zero-order valence-corrected chi connectivity index (χ0v) is 13.6. The minimum absolute atomic E-state index is 0.0574. The van der Waals surface area contributed by atoms with Crippen LogP contribution >= 0.6 is 0 Å². The molecule has 5 nitrogen and oxygen atoms in total. The lowest BCUT2D eigenvalue weighted by Crippen LogP contribution is -2.19. The minimum atomic E-state index is -0.377. The molecular formula is C19H18FN3O2. The van der Waals surface area contributed by atoms with Crippen molar-refractivity contribution >= 4 is 28.9 Å². The molecule has 0 aliphatic carbocycles. The van der Waals surface area contributed by atoms with Crippen molar-refractivity contribution in [3.8, 4) is 0 Å². The lowest BCUT2D eigenvalue weighted by atomic mass is 10.1. The first kappa shape index (κ1) is 15.6. The van der Waals surface area contributed by atoms with Gasteiger partial charge in [-0.3, -0.25) is 9.59 Å². The van der Waals surface area contributed by atoms with Crippen molar-refractivity contribution in [3.63, 3.8) is 0 Å². The first-order valence-electron chi connectivity index (χ1n) is 8.39. The molecule has 0 aromatic heterocycles. The summed E-state index contributed by atoms with van der Waals surface area (Å²) in [4.78, 5) is 25.8. The highest BCUT2D eigenvalue weighted by Crippen LogP contribution is 2.27. The van der Waals surface area contributed by atoms with Gasteiger partial charge in [-0.1, -0.05) is 0 Å². The Morgan fingerprint density at radius 1 is 1.12 bits per heavy atom. The molecule has 2 aliphatic heterocycles. The van der Waals surface area contributed by atoms with Crippen LogP contribution in [0, 0.1) is 5.82 Å². The van der Waals surface area contributed by atoms with Gasteiger partial charge in [0.1, 0.15) is 5.82 Å². The minimum Gasteiger partial charge on any atom is -0.369 e. The van der Waals surface area contributed by atoms with Crippen LogP contribution in [0.1, 0.15) is 28.8 Å². The highest BCUT2D eigenvalue weighted by atomic mass is 19.1. The molecule has 0 unspecified atom stereocenters. The molecule has 0 radical (unpaired) electrons. The number of carbonyl (C=O) groups excluding carboxylic acids is 2. The van der Waals surface area contributed by atoms with Gasteiger partial charge in [-0.2, -0.15) is 0 Å². The average molecular weight is 339 g/mol. The lowest BCUT2D eigenvalue weighted by Gasteiger charge is -2.18. The van der Waals surface area contributed by atoms with Crippen molar-refractivity contribution in [2.75, 3.05) is 28.6 Å². The largest absolute Gasteiger partial charge is 0.369 e. The Morgan fingerprint density at radius 2 is 1.92 bits per heavy atom. The van der Waals surface area contributed by atoms with Gasteiger partial charge in [-0.15, -0.1) is 0 Å². The fourth-order valence-corrected chi connectivity index (χ4v) is 3.37. The number of hydrogen-bond acceptors (Lipinski definition) is 3. The fraction of sp³-hybridized carbons (Fsp3) is 0.263. The summed E-state index contributed by atoms with van der Waals surface area (Å²) >= 11 is 0. The number of benzene rings is 2. The summed E-state index contributed by atoms with van der Waals surface area (Å²) in [5.41, 5.74) is 3.03. The average Bonchev–Trinajstić information content (AvgIpc) is 3.23. The Balaban J connectivity index is 1.50. The second kappa shape index (κ2) is 6.20. The number of halogens is 1. The van der Waals surface area contributed by atoms with E-state index in [1.165, 1.54) is 6.07 Å². The van der Waals surface area contributed by atoms with E-state index >= 15 is 0 Å². The van der Waals surface area contributed by atoms with Crippen molar-refractivity contribution in [2.45, 2.75) is 19.3 Å². The van der Waals surface area contributed by atoms with Crippen molar-refractivity contribution < 1.29 is 14.0 Å². The number of rotatable bonds is 3. The quantitative estimate of drug-likeness (QED) is 0.903. The summed E-state index contributed by atoms with van der Waals surface area (Å²) in [6.45, 7) is 1.70. The molecule has 2 aliphatic rings. The third-order valence-electron chi connectivity index (χ3n) is 4.64. The number of amides is 2. The standard InChI is InChI=1S/C19H18FN3O2/c20-15-10-12(3-6-17(15)23-7-1-2-8-23)19(25)21-14-4-5-16-13(9-14)11-18(24)22-16/h3-6,9-10H,1-2,7-8,11H2,(H,21,25)(H,22,24). The molecule has 0 spiro atoms. The van der Waals surface area contributed by atoms with Crippen LogP contribution in [0.3, 0.4) is 0 Å². The smallest absolute Gasteiger partial charge is 0.255 e. The normalized spacial score (nSPS) is 15.9. The molecule has 2 amide bonds. The Kier molecular flexibility index (Phi) is 3.87. The van der Waals surface area contributed by atoms with Crippen LogP contribution in [0.15, 0.2) is 36.4 Å². The zero-order valence-electron chi connectivity index (χ0n) is 13.6. The number of nitrogens with one attached hydrogen (secondary N) is 2. The highest BCUT2D eigenvalue weighted by Gasteiger charge is 2.19. The van der Waals surface area contributed by atoms with E-state index in [1.807, 2.05) is 4.90 Å². The first-order chi connectivity index (χ1) is 12.1. The third kappa shape index (κ3) is 3.07. The molecular weight excluding hydrogens is 321 g/mol. The van der Waals surface area contributed by atoms with E-state index in [4.69, 9.17) is 0 Å². The number of fused-ring (bicyclic) bond motifs is 1. The molecule has 2 N–H and O–H groups in total. The van der Waals surface area contributed by atoms with Gasteiger partial charge < -0.3 is 15.5 Å². The van der Waals surface area contributed by atoms with Crippen molar-refractivity contribution in [1.82, 2.24) is 0 Å². The van der Waals surface area contributed by atoms with E-state index in [-0.39, 0.29) is 23.2 Å². The molecule has 2 aromatic rings. The maximum absolute atomic E-state index is 14.4. The molecule has 128 valence electrons. The molecule has 2 aromatic carbocycles. The summed E-state index contributed by atoms with van der Waals surface area (Å²) < 4.78 is 14.4. The van der Waals surface area contributed by atoms with Crippen molar-refractivity contribution in [1.29, 1.82) is 0 Å². The molecule has 0 atom stereocenters. The van der Waals surface area contributed by atoms with Gasteiger partial charge >= 0.3 is 0 Å². The van der Waals surface area contributed by atoms with Gasteiger partial charge in [0.2, 0.25) is 5.91 Å². The molecule has 25 heavy (non-hydrogen) atoms. The lowest BCUT2D eigenvalue weighted by molar-refractivity contribution is -0.115. The molecule has 4 rings (SSSR count). The summed E-state index contributed by atoms with van der Waals surface area (Å²) in [5, 5.41) is 5.50. The zero-order chi connectivity index (χ0) is 17.4. The Hall–Kier alpha value is -2.89. The Morgan fingerprint density at radius 3 is 2.68 bits per heavy atom. The number of anilines is 3. The third-order valence-corrected chi connectivity index (χ3v) is 4.64. The molecule has 6 heteroatoms. The topological polar surface area (TPSA) is 61.4 Å². The molecule has 0 saturated carbocycles. The van der Waals surface area contributed by atoms with Gasteiger partial charge in [-0.05, 0) is 54.8 Å². The first-order valence-corrected chi connectivity index (χ1v) is 8.39. The van der Waals surface area contributed by atoms with Crippen LogP contribution in [0.4, 0.5) is 21.5 Å². The van der Waals surface area contributed by atoms with Crippen LogP contribution < -0.4 is 15.5 Å². The van der Waals surface area contributed by atoms with E-state index in [0.717, 1.165) is 37.2 Å². The predicted molar refractivity (Wildman–Crippen MR) is 94.6 cm³/mol. The van der Waals surface area contributed by atoms with Crippen molar-refractivity contribution in [3.05, 3.63) is 53.3 Å². The van der Waals surface area contributed by atoms with Crippen LogP contribution in [-0.2, 0) is 11.2 Å². The van der Waals surface area contributed by atoms with Crippen LogP contribution in [0.5, 0.6) is 0 Å². The second-order valence-electron chi connectivity index (χ2n) is 6.41. The van der Waals surface area contributed by atoms with Gasteiger partial charge in [-0.25, -0.2) is 4.39 Å². The number of nitrogens with zero attached hydrogens (tertiary/aromatic N) is 1. The van der Waals surface area contributed by atoms with E-state index < -0.39 is 0 Å². The monoisotopic (exact) mass is 339 g/mol. The fourth-order valence-electron chi connectivity index (χ4n) is 3.37. The van der Waals surface area contributed by atoms with E-state index in [9.17, 15) is 14.0 Å². The van der Waals surface area contributed by atoms with Crippen LogP contribution in [0.25, 0.3) is 0 Å². The van der Waals surface area contributed by atoms with Crippen molar-refractivity contribution in [2.24, 2.45) is 0 Å². The summed E-state index contributed by atoms with van der Waals surface area (Å²) in [5.74, 6) is -0.805. The van der Waals surface area contributed by atoms with E-state index in [2.05, 4.69) is 10.6 Å². The molecule has 2 heterocycles. The molecule has 0 bridgehead atoms. The summed E-state index contributed by atoms with van der Waals surface area (Å²) in [6, 6.07) is 9.83. The maximum atomic E-state index is 14.4. The Bertz CT molecular complexity index is 860. The SMILES string of the molecule is O=C1Cc2cc(NC(=O)c3ccc(N4CCCC4)c(F)c3)ccc2N1. The molecule has 1 fully saturated rings. The van der Waals surface area contributed by atoms with E-state index in [0.29, 0.717) is 17.8 Å². The highest BCUT2D eigenvalue weighted by molar-refractivity contribution is 6.05. The second-order valence-corrected chi connectivity index (χ2v) is 6.41.